The monoisotopic (exact) mass is 172 g/mol. The van der Waals surface area contributed by atoms with Crippen molar-refractivity contribution in [2.45, 2.75) is 27.2 Å². The number of hydrogen-bond acceptors (Lipinski definition) is 2. The van der Waals surface area contributed by atoms with Crippen LogP contribution in [0.3, 0.4) is 0 Å². The van der Waals surface area contributed by atoms with Gasteiger partial charge < -0.3 is 10.2 Å². The maximum Gasteiger partial charge on any atom is 0.331 e. The highest BCUT2D eigenvalue weighted by Gasteiger charge is 2.21. The van der Waals surface area contributed by atoms with Crippen LogP contribution in [-0.2, 0) is 4.79 Å². The summed E-state index contributed by atoms with van der Waals surface area (Å²) in [5.74, 6) is -0.904. The van der Waals surface area contributed by atoms with Gasteiger partial charge in [0.15, 0.2) is 0 Å². The van der Waals surface area contributed by atoms with Gasteiger partial charge in [-0.3, -0.25) is 0 Å². The third kappa shape index (κ3) is 3.53. The van der Waals surface area contributed by atoms with Gasteiger partial charge in [-0.1, -0.05) is 19.9 Å². The van der Waals surface area contributed by atoms with Crippen LogP contribution in [-0.4, -0.2) is 22.8 Å². The molecule has 12 heavy (non-hydrogen) atoms. The van der Waals surface area contributed by atoms with E-state index in [2.05, 4.69) is 0 Å². The van der Waals surface area contributed by atoms with Crippen molar-refractivity contribution < 1.29 is 15.0 Å². The molecule has 0 rings (SSSR count). The van der Waals surface area contributed by atoms with Gasteiger partial charge in [0.25, 0.3) is 0 Å². The summed E-state index contributed by atoms with van der Waals surface area (Å²) in [6, 6.07) is 0. The third-order valence-electron chi connectivity index (χ3n) is 1.72. The van der Waals surface area contributed by atoms with Crippen molar-refractivity contribution in [1.82, 2.24) is 0 Å². The highest BCUT2D eigenvalue weighted by Crippen LogP contribution is 2.24. The highest BCUT2D eigenvalue weighted by atomic mass is 16.4. The fourth-order valence-corrected chi connectivity index (χ4v) is 0.873. The predicted molar refractivity (Wildman–Crippen MR) is 46.9 cm³/mol. The summed E-state index contributed by atoms with van der Waals surface area (Å²) >= 11 is 0. The molecule has 0 aliphatic heterocycles. The minimum Gasteiger partial charge on any atom is -0.478 e. The number of rotatable bonds is 4. The van der Waals surface area contributed by atoms with Crippen LogP contribution in [0.4, 0.5) is 0 Å². The maximum absolute atomic E-state index is 10.6. The van der Waals surface area contributed by atoms with Crippen molar-refractivity contribution in [2.75, 3.05) is 6.61 Å². The lowest BCUT2D eigenvalue weighted by Crippen LogP contribution is -2.19. The lowest BCUT2D eigenvalue weighted by Gasteiger charge is -2.21. The van der Waals surface area contributed by atoms with E-state index >= 15 is 0 Å². The summed E-state index contributed by atoms with van der Waals surface area (Å²) < 4.78 is 0. The van der Waals surface area contributed by atoms with Crippen LogP contribution in [0.2, 0.25) is 0 Å². The van der Waals surface area contributed by atoms with Crippen molar-refractivity contribution in [3.63, 3.8) is 0 Å². The molecule has 0 saturated heterocycles. The summed E-state index contributed by atoms with van der Waals surface area (Å²) in [5, 5.41) is 17.6. The second-order valence-electron chi connectivity index (χ2n) is 3.62. The number of carboxylic acid groups (broad SMARTS) is 1. The van der Waals surface area contributed by atoms with E-state index in [-0.39, 0.29) is 12.0 Å². The zero-order valence-electron chi connectivity index (χ0n) is 7.79. The van der Waals surface area contributed by atoms with E-state index in [4.69, 9.17) is 10.2 Å². The molecular weight excluding hydrogens is 156 g/mol. The maximum atomic E-state index is 10.6. The zero-order valence-corrected chi connectivity index (χ0v) is 7.79. The molecule has 2 N–H and O–H groups in total. The Bertz CT molecular complexity index is 192. The number of allylic oxidation sites excluding steroid dienone is 1. The average Bonchev–Trinajstić information content (AvgIpc) is 2.00. The Kier molecular flexibility index (Phi) is 3.96. The number of aliphatic hydroxyl groups is 1. The van der Waals surface area contributed by atoms with E-state index in [0.29, 0.717) is 12.0 Å². The summed E-state index contributed by atoms with van der Waals surface area (Å²) in [6.45, 7) is 5.35. The lowest BCUT2D eigenvalue weighted by atomic mass is 9.86. The van der Waals surface area contributed by atoms with Crippen molar-refractivity contribution in [3.05, 3.63) is 11.6 Å². The van der Waals surface area contributed by atoms with E-state index in [0.717, 1.165) is 0 Å². The van der Waals surface area contributed by atoms with Gasteiger partial charge in [-0.25, -0.2) is 4.79 Å². The van der Waals surface area contributed by atoms with Crippen LogP contribution in [0.25, 0.3) is 0 Å². The molecule has 0 heterocycles. The lowest BCUT2D eigenvalue weighted by molar-refractivity contribution is -0.133. The molecule has 0 spiro atoms. The van der Waals surface area contributed by atoms with Gasteiger partial charge in [-0.05, 0) is 18.8 Å². The normalized spacial score (nSPS) is 13.2. The van der Waals surface area contributed by atoms with E-state index < -0.39 is 5.97 Å². The predicted octanol–water partition coefficient (Wildman–Crippen LogP) is 1.43. The van der Waals surface area contributed by atoms with Gasteiger partial charge in [0.05, 0.1) is 0 Å². The first-order valence-electron chi connectivity index (χ1n) is 3.92. The van der Waals surface area contributed by atoms with Crippen molar-refractivity contribution >= 4 is 5.97 Å². The molecule has 0 aromatic carbocycles. The Morgan fingerprint density at radius 1 is 1.50 bits per heavy atom. The smallest absolute Gasteiger partial charge is 0.331 e. The first kappa shape index (κ1) is 11.2. The second kappa shape index (κ2) is 4.26. The van der Waals surface area contributed by atoms with Gasteiger partial charge in [-0.2, -0.15) is 0 Å². The molecule has 0 atom stereocenters. The molecule has 0 radical (unpaired) electrons. The number of carboxylic acids is 1. The van der Waals surface area contributed by atoms with E-state index in [1.54, 1.807) is 13.0 Å². The molecule has 0 bridgehead atoms. The zero-order chi connectivity index (χ0) is 9.78. The minimum atomic E-state index is -0.904. The highest BCUT2D eigenvalue weighted by molar-refractivity contribution is 5.86. The van der Waals surface area contributed by atoms with E-state index in [9.17, 15) is 4.79 Å². The Balaban J connectivity index is 4.33. The first-order valence-corrected chi connectivity index (χ1v) is 3.92. The summed E-state index contributed by atoms with van der Waals surface area (Å²) in [4.78, 5) is 10.6. The van der Waals surface area contributed by atoms with E-state index in [1.165, 1.54) is 0 Å². The summed E-state index contributed by atoms with van der Waals surface area (Å²) in [7, 11) is 0. The fraction of sp³-hybridized carbons (Fsp3) is 0.667. The van der Waals surface area contributed by atoms with Crippen molar-refractivity contribution in [3.8, 4) is 0 Å². The van der Waals surface area contributed by atoms with Gasteiger partial charge >= 0.3 is 5.97 Å². The SMILES string of the molecule is C/C=C(\CC(C)(C)CO)C(=O)O. The molecule has 70 valence electrons. The van der Waals surface area contributed by atoms with Gasteiger partial charge in [0.1, 0.15) is 0 Å². The molecule has 0 unspecified atom stereocenters. The molecular formula is C9H16O3. The topological polar surface area (TPSA) is 57.5 Å². The van der Waals surface area contributed by atoms with Crippen LogP contribution in [0.5, 0.6) is 0 Å². The first-order chi connectivity index (χ1) is 5.43. The van der Waals surface area contributed by atoms with Gasteiger partial charge in [0, 0.05) is 12.2 Å². The quantitative estimate of drug-likeness (QED) is 0.630. The fourth-order valence-electron chi connectivity index (χ4n) is 0.873. The molecule has 0 aromatic rings. The average molecular weight is 172 g/mol. The Morgan fingerprint density at radius 2 is 2.00 bits per heavy atom. The molecule has 0 aliphatic carbocycles. The number of carbonyl (C=O) groups is 1. The number of hydrogen-bond donors (Lipinski definition) is 2. The summed E-state index contributed by atoms with van der Waals surface area (Å²) in [5.41, 5.74) is 0.00861. The van der Waals surface area contributed by atoms with Crippen LogP contribution in [0.1, 0.15) is 27.2 Å². The Labute approximate surface area is 72.7 Å². The Morgan fingerprint density at radius 3 is 2.25 bits per heavy atom. The van der Waals surface area contributed by atoms with Crippen LogP contribution in [0, 0.1) is 5.41 Å². The molecule has 3 nitrogen and oxygen atoms in total. The van der Waals surface area contributed by atoms with Gasteiger partial charge in [0.2, 0.25) is 0 Å². The minimum absolute atomic E-state index is 0.00236. The second-order valence-corrected chi connectivity index (χ2v) is 3.62. The summed E-state index contributed by atoms with van der Waals surface area (Å²) in [6.07, 6.45) is 1.97. The number of aliphatic carboxylic acids is 1. The van der Waals surface area contributed by atoms with Crippen molar-refractivity contribution in [2.24, 2.45) is 5.41 Å². The van der Waals surface area contributed by atoms with Gasteiger partial charge in [-0.15, -0.1) is 0 Å². The van der Waals surface area contributed by atoms with Crippen LogP contribution >= 0.6 is 0 Å². The molecule has 0 amide bonds. The van der Waals surface area contributed by atoms with Crippen molar-refractivity contribution in [1.29, 1.82) is 0 Å². The standard InChI is InChI=1S/C9H16O3/c1-4-7(8(11)12)5-9(2,3)6-10/h4,10H,5-6H2,1-3H3,(H,11,12)/b7-4+. The molecule has 0 aromatic heterocycles. The molecule has 0 saturated carbocycles. The largest absolute Gasteiger partial charge is 0.478 e. The Hall–Kier alpha value is -0.830. The molecule has 0 fully saturated rings. The van der Waals surface area contributed by atoms with Crippen LogP contribution in [0.15, 0.2) is 11.6 Å². The van der Waals surface area contributed by atoms with Crippen LogP contribution < -0.4 is 0 Å². The van der Waals surface area contributed by atoms with E-state index in [1.807, 2.05) is 13.8 Å². The number of aliphatic hydroxyl groups excluding tert-OH is 1. The molecule has 3 heteroatoms. The third-order valence-corrected chi connectivity index (χ3v) is 1.72. The molecule has 0 aliphatic rings.